The van der Waals surface area contributed by atoms with Gasteiger partial charge in [-0.15, -0.1) is 0 Å². The molecule has 0 amide bonds. The number of aliphatic hydroxyl groups is 2. The Morgan fingerprint density at radius 2 is 2.00 bits per heavy atom. The third kappa shape index (κ3) is 1.08. The van der Waals surface area contributed by atoms with Crippen LogP contribution in [0.2, 0.25) is 0 Å². The first-order chi connectivity index (χ1) is 4.04. The minimum Gasteiger partial charge on any atom is -0.389 e. The molecule has 9 heavy (non-hydrogen) atoms. The van der Waals surface area contributed by atoms with Gasteiger partial charge in [0, 0.05) is 12.1 Å². The second-order valence-electron chi connectivity index (χ2n) is 3.11. The molecule has 1 heterocycles. The van der Waals surface area contributed by atoms with E-state index in [1.165, 1.54) is 0 Å². The molecule has 3 heteroatoms. The van der Waals surface area contributed by atoms with Crippen molar-refractivity contribution in [2.75, 3.05) is 6.54 Å². The second-order valence-corrected chi connectivity index (χ2v) is 3.11. The number of hydrogen-bond donors (Lipinski definition) is 3. The summed E-state index contributed by atoms with van der Waals surface area (Å²) in [7, 11) is 0. The van der Waals surface area contributed by atoms with Crippen LogP contribution in [0.15, 0.2) is 0 Å². The van der Waals surface area contributed by atoms with Crippen LogP contribution < -0.4 is 5.32 Å². The van der Waals surface area contributed by atoms with Gasteiger partial charge >= 0.3 is 0 Å². The summed E-state index contributed by atoms with van der Waals surface area (Å²) in [6.07, 6.45) is -1.22. The topological polar surface area (TPSA) is 52.5 Å². The molecule has 0 saturated carbocycles. The van der Waals surface area contributed by atoms with Gasteiger partial charge in [0.2, 0.25) is 0 Å². The lowest BCUT2D eigenvalue weighted by molar-refractivity contribution is 0.0210. The van der Waals surface area contributed by atoms with Crippen LogP contribution in [0.25, 0.3) is 0 Å². The highest BCUT2D eigenvalue weighted by Crippen LogP contribution is 2.18. The number of nitrogens with one attached hydrogen (secondary N) is 1. The molecule has 2 atom stereocenters. The lowest BCUT2D eigenvalue weighted by atomic mass is 9.99. The van der Waals surface area contributed by atoms with Crippen molar-refractivity contribution in [3.63, 3.8) is 0 Å². The van der Waals surface area contributed by atoms with Crippen molar-refractivity contribution in [1.29, 1.82) is 0 Å². The maximum Gasteiger partial charge on any atom is 0.0987 e. The molecule has 1 fully saturated rings. The first kappa shape index (κ1) is 6.99. The number of β-amino-alcohol motifs (C(OH)–C–C–N with tert-alkyl or cyclic N) is 1. The smallest absolute Gasteiger partial charge is 0.0987 e. The molecule has 54 valence electrons. The van der Waals surface area contributed by atoms with Gasteiger partial charge in [0.15, 0.2) is 0 Å². The van der Waals surface area contributed by atoms with Gasteiger partial charge in [0.1, 0.15) is 0 Å². The maximum atomic E-state index is 9.21. The summed E-state index contributed by atoms with van der Waals surface area (Å²) in [5, 5.41) is 21.2. The lowest BCUT2D eigenvalue weighted by Gasteiger charge is -2.22. The van der Waals surface area contributed by atoms with Crippen LogP contribution in [0.1, 0.15) is 13.8 Å². The maximum absolute atomic E-state index is 9.21. The van der Waals surface area contributed by atoms with Gasteiger partial charge in [-0.05, 0) is 13.8 Å². The summed E-state index contributed by atoms with van der Waals surface area (Å²) < 4.78 is 0. The van der Waals surface area contributed by atoms with Crippen LogP contribution in [-0.4, -0.2) is 34.5 Å². The average Bonchev–Trinajstić information content (AvgIpc) is 1.97. The highest BCUT2D eigenvalue weighted by atomic mass is 16.3. The van der Waals surface area contributed by atoms with E-state index in [-0.39, 0.29) is 5.54 Å². The fourth-order valence-corrected chi connectivity index (χ4v) is 1.06. The quantitative estimate of drug-likeness (QED) is 0.399. The van der Waals surface area contributed by atoms with Crippen LogP contribution in [0.5, 0.6) is 0 Å². The summed E-state index contributed by atoms with van der Waals surface area (Å²) in [5.74, 6) is 0. The predicted molar refractivity (Wildman–Crippen MR) is 34.1 cm³/mol. The molecule has 1 rings (SSSR count). The molecular formula is C6H13NO2. The molecule has 2 unspecified atom stereocenters. The summed E-state index contributed by atoms with van der Waals surface area (Å²) in [5.41, 5.74) is -0.320. The number of rotatable bonds is 0. The van der Waals surface area contributed by atoms with Crippen molar-refractivity contribution in [2.24, 2.45) is 0 Å². The fraction of sp³-hybridized carbons (Fsp3) is 1.00. The van der Waals surface area contributed by atoms with E-state index in [1.54, 1.807) is 0 Å². The third-order valence-electron chi connectivity index (χ3n) is 1.87. The molecule has 1 aliphatic heterocycles. The average molecular weight is 131 g/mol. The fourth-order valence-electron chi connectivity index (χ4n) is 1.06. The molecule has 0 aromatic carbocycles. The van der Waals surface area contributed by atoms with Crippen molar-refractivity contribution in [1.82, 2.24) is 5.32 Å². The van der Waals surface area contributed by atoms with E-state index in [4.69, 9.17) is 5.11 Å². The van der Waals surface area contributed by atoms with Gasteiger partial charge in [-0.1, -0.05) is 0 Å². The van der Waals surface area contributed by atoms with E-state index in [1.807, 2.05) is 13.8 Å². The molecule has 1 saturated heterocycles. The highest BCUT2D eigenvalue weighted by molar-refractivity contribution is 4.97. The normalized spacial score (nSPS) is 41.3. The molecule has 3 nitrogen and oxygen atoms in total. The van der Waals surface area contributed by atoms with Gasteiger partial charge in [-0.2, -0.15) is 0 Å². The predicted octanol–water partition coefficient (Wildman–Crippen LogP) is -0.910. The number of aliphatic hydroxyl groups excluding tert-OH is 2. The zero-order chi connectivity index (χ0) is 7.07. The molecule has 3 N–H and O–H groups in total. The minimum atomic E-state index is -0.627. The first-order valence-electron chi connectivity index (χ1n) is 3.15. The van der Waals surface area contributed by atoms with Crippen molar-refractivity contribution in [3.8, 4) is 0 Å². The van der Waals surface area contributed by atoms with Crippen molar-refractivity contribution >= 4 is 0 Å². The molecule has 1 aliphatic rings. The van der Waals surface area contributed by atoms with E-state index in [0.717, 1.165) is 0 Å². The second kappa shape index (κ2) is 1.94. The largest absolute Gasteiger partial charge is 0.389 e. The molecule has 0 aromatic heterocycles. The Kier molecular flexibility index (Phi) is 1.50. The van der Waals surface area contributed by atoms with Gasteiger partial charge in [0.05, 0.1) is 12.2 Å². The monoisotopic (exact) mass is 131 g/mol. The molecule has 0 radical (unpaired) electrons. The highest BCUT2D eigenvalue weighted by Gasteiger charge is 2.39. The molecule has 0 aliphatic carbocycles. The minimum absolute atomic E-state index is 0.320. The lowest BCUT2D eigenvalue weighted by Crippen LogP contribution is -2.42. The van der Waals surface area contributed by atoms with Gasteiger partial charge in [-0.3, -0.25) is 0 Å². The van der Waals surface area contributed by atoms with Crippen LogP contribution in [0.4, 0.5) is 0 Å². The molecular weight excluding hydrogens is 118 g/mol. The van der Waals surface area contributed by atoms with Crippen LogP contribution >= 0.6 is 0 Å². The standard InChI is InChI=1S/C6H13NO2/c1-6(2)5(9)4(8)3-7-6/h4-5,7-9H,3H2,1-2H3. The van der Waals surface area contributed by atoms with Crippen LogP contribution in [0.3, 0.4) is 0 Å². The Bertz CT molecular complexity index is 114. The number of hydrogen-bond acceptors (Lipinski definition) is 3. The van der Waals surface area contributed by atoms with Crippen molar-refractivity contribution in [2.45, 2.75) is 31.6 Å². The van der Waals surface area contributed by atoms with Crippen LogP contribution in [-0.2, 0) is 0 Å². The molecule has 0 bridgehead atoms. The van der Waals surface area contributed by atoms with Crippen molar-refractivity contribution in [3.05, 3.63) is 0 Å². The molecule has 0 aromatic rings. The van der Waals surface area contributed by atoms with E-state index < -0.39 is 12.2 Å². The van der Waals surface area contributed by atoms with E-state index in [2.05, 4.69) is 5.32 Å². The van der Waals surface area contributed by atoms with Gasteiger partial charge < -0.3 is 15.5 Å². The zero-order valence-electron chi connectivity index (χ0n) is 5.76. The summed E-state index contributed by atoms with van der Waals surface area (Å²) in [6, 6.07) is 0. The SMILES string of the molecule is CC1(C)NCC(O)C1O. The van der Waals surface area contributed by atoms with E-state index in [0.29, 0.717) is 6.54 Å². The first-order valence-corrected chi connectivity index (χ1v) is 3.15. The Morgan fingerprint density at radius 1 is 1.44 bits per heavy atom. The third-order valence-corrected chi connectivity index (χ3v) is 1.87. The molecule has 0 spiro atoms. The van der Waals surface area contributed by atoms with Crippen molar-refractivity contribution < 1.29 is 10.2 Å². The Morgan fingerprint density at radius 3 is 2.11 bits per heavy atom. The Hall–Kier alpha value is -0.120. The Labute approximate surface area is 54.7 Å². The zero-order valence-corrected chi connectivity index (χ0v) is 5.76. The summed E-state index contributed by atoms with van der Waals surface area (Å²) in [4.78, 5) is 0. The summed E-state index contributed by atoms with van der Waals surface area (Å²) >= 11 is 0. The van der Waals surface area contributed by atoms with Crippen LogP contribution in [0, 0.1) is 0 Å². The summed E-state index contributed by atoms with van der Waals surface area (Å²) in [6.45, 7) is 4.23. The Balaban J connectivity index is 2.62. The van der Waals surface area contributed by atoms with E-state index >= 15 is 0 Å². The van der Waals surface area contributed by atoms with Gasteiger partial charge in [0.25, 0.3) is 0 Å². The van der Waals surface area contributed by atoms with E-state index in [9.17, 15) is 5.11 Å². The van der Waals surface area contributed by atoms with Gasteiger partial charge in [-0.25, -0.2) is 0 Å².